The molecule has 0 bridgehead atoms. The normalized spacial score (nSPS) is 26.0. The molecule has 18 heavy (non-hydrogen) atoms. The van der Waals surface area contributed by atoms with Crippen LogP contribution >= 0.6 is 35.3 Å². The summed E-state index contributed by atoms with van der Waals surface area (Å²) in [6.07, 6.45) is 0. The van der Waals surface area contributed by atoms with Crippen molar-refractivity contribution >= 4 is 41.3 Å². The van der Waals surface area contributed by atoms with Gasteiger partial charge < -0.3 is 10.2 Å². The lowest BCUT2D eigenvalue weighted by Gasteiger charge is -2.16. The molecular weight excluding hydrogens is 291 g/mol. The molecule has 3 rings (SSSR count). The summed E-state index contributed by atoms with van der Waals surface area (Å²) in [5, 5.41) is 5.96. The highest BCUT2D eigenvalue weighted by atomic mass is 35.5. The van der Waals surface area contributed by atoms with E-state index in [1.54, 1.807) is 0 Å². The van der Waals surface area contributed by atoms with E-state index in [1.807, 2.05) is 17.2 Å². The molecule has 2 aliphatic rings. The molecule has 100 valence electrons. The average molecular weight is 307 g/mol. The number of nitrogens with zero attached hydrogens (tertiary/aromatic N) is 1. The Hall–Kier alpha value is -0.290. The van der Waals surface area contributed by atoms with Crippen molar-refractivity contribution in [1.29, 1.82) is 0 Å². The Balaban J connectivity index is 0.00000120. The molecule has 0 aromatic carbocycles. The fraction of sp³-hybridized carbons (Fsp3) is 0.583. The highest BCUT2D eigenvalue weighted by Gasteiger charge is 2.38. The fourth-order valence-corrected chi connectivity index (χ4v) is 3.98. The SMILES string of the molecule is Cc1csc(C(=O)N2C[C@H]3CNC[C@H]3C2)c1Cl.Cl. The maximum absolute atomic E-state index is 12.3. The van der Waals surface area contributed by atoms with Crippen molar-refractivity contribution in [1.82, 2.24) is 10.2 Å². The Morgan fingerprint density at radius 1 is 1.44 bits per heavy atom. The van der Waals surface area contributed by atoms with Crippen molar-refractivity contribution < 1.29 is 4.79 Å². The smallest absolute Gasteiger partial charge is 0.265 e. The van der Waals surface area contributed by atoms with Crippen LogP contribution in [0.1, 0.15) is 15.2 Å². The average Bonchev–Trinajstić information content (AvgIpc) is 2.94. The molecule has 2 fully saturated rings. The van der Waals surface area contributed by atoms with Crippen LogP contribution in [0, 0.1) is 18.8 Å². The number of rotatable bonds is 1. The highest BCUT2D eigenvalue weighted by Crippen LogP contribution is 2.32. The van der Waals surface area contributed by atoms with Gasteiger partial charge in [0.05, 0.1) is 5.02 Å². The third-order valence-electron chi connectivity index (χ3n) is 3.77. The standard InChI is InChI=1S/C12H15ClN2OS.ClH/c1-7-6-17-11(10(7)13)12(16)15-4-8-2-14-3-9(8)5-15;/h6,8-9,14H,2-5H2,1H3;1H/t8-,9+;. The van der Waals surface area contributed by atoms with Crippen molar-refractivity contribution in [3.63, 3.8) is 0 Å². The van der Waals surface area contributed by atoms with Crippen molar-refractivity contribution in [2.24, 2.45) is 11.8 Å². The monoisotopic (exact) mass is 306 g/mol. The third kappa shape index (κ3) is 2.27. The first-order valence-electron chi connectivity index (χ1n) is 5.90. The van der Waals surface area contributed by atoms with Crippen molar-refractivity contribution in [2.75, 3.05) is 26.2 Å². The first-order chi connectivity index (χ1) is 8.16. The van der Waals surface area contributed by atoms with Gasteiger partial charge in [0, 0.05) is 26.2 Å². The number of carbonyl (C=O) groups excluding carboxylic acids is 1. The van der Waals surface area contributed by atoms with E-state index in [1.165, 1.54) is 11.3 Å². The zero-order valence-electron chi connectivity index (χ0n) is 10.1. The Labute approximate surface area is 122 Å². The molecule has 0 radical (unpaired) electrons. The molecular formula is C12H16Cl2N2OS. The van der Waals surface area contributed by atoms with E-state index in [4.69, 9.17) is 11.6 Å². The Bertz CT molecular complexity index is 451. The van der Waals surface area contributed by atoms with Gasteiger partial charge in [0.25, 0.3) is 5.91 Å². The molecule has 6 heteroatoms. The van der Waals surface area contributed by atoms with Gasteiger partial charge in [-0.15, -0.1) is 23.7 Å². The molecule has 0 aliphatic carbocycles. The van der Waals surface area contributed by atoms with Gasteiger partial charge in [-0.1, -0.05) is 11.6 Å². The van der Waals surface area contributed by atoms with Gasteiger partial charge in [0.15, 0.2) is 0 Å². The maximum atomic E-state index is 12.3. The zero-order valence-corrected chi connectivity index (χ0v) is 12.5. The van der Waals surface area contributed by atoms with E-state index in [2.05, 4.69) is 5.32 Å². The second kappa shape index (κ2) is 5.37. The topological polar surface area (TPSA) is 32.3 Å². The fourth-order valence-electron chi connectivity index (χ4n) is 2.74. The number of amides is 1. The summed E-state index contributed by atoms with van der Waals surface area (Å²) in [7, 11) is 0. The number of thiophene rings is 1. The largest absolute Gasteiger partial charge is 0.337 e. The van der Waals surface area contributed by atoms with E-state index >= 15 is 0 Å². The lowest BCUT2D eigenvalue weighted by molar-refractivity contribution is 0.0786. The van der Waals surface area contributed by atoms with Gasteiger partial charge in [-0.05, 0) is 29.7 Å². The van der Waals surface area contributed by atoms with Crippen LogP contribution in [0.4, 0.5) is 0 Å². The molecule has 0 spiro atoms. The van der Waals surface area contributed by atoms with Gasteiger partial charge in [-0.3, -0.25) is 4.79 Å². The summed E-state index contributed by atoms with van der Waals surface area (Å²) in [6.45, 7) is 5.79. The van der Waals surface area contributed by atoms with Gasteiger partial charge >= 0.3 is 0 Å². The van der Waals surface area contributed by atoms with Gasteiger partial charge in [0.1, 0.15) is 4.88 Å². The number of likely N-dealkylation sites (tertiary alicyclic amines) is 1. The van der Waals surface area contributed by atoms with Crippen LogP contribution in [-0.2, 0) is 0 Å². The molecule has 0 unspecified atom stereocenters. The molecule has 2 aliphatic heterocycles. The van der Waals surface area contributed by atoms with Gasteiger partial charge in [-0.2, -0.15) is 0 Å². The van der Waals surface area contributed by atoms with E-state index in [0.29, 0.717) is 21.7 Å². The lowest BCUT2D eigenvalue weighted by atomic mass is 10.0. The zero-order chi connectivity index (χ0) is 12.0. The summed E-state index contributed by atoms with van der Waals surface area (Å²) < 4.78 is 0. The lowest BCUT2D eigenvalue weighted by Crippen LogP contribution is -2.31. The summed E-state index contributed by atoms with van der Waals surface area (Å²) in [5.74, 6) is 1.39. The second-order valence-corrected chi connectivity index (χ2v) is 6.21. The molecule has 3 heterocycles. The minimum atomic E-state index is 0. The molecule has 0 saturated carbocycles. The van der Waals surface area contributed by atoms with E-state index < -0.39 is 0 Å². The van der Waals surface area contributed by atoms with Crippen LogP contribution in [-0.4, -0.2) is 37.0 Å². The molecule has 2 atom stereocenters. The predicted molar refractivity (Wildman–Crippen MR) is 77.1 cm³/mol. The van der Waals surface area contributed by atoms with Crippen LogP contribution in [0.5, 0.6) is 0 Å². The number of halogens is 2. The van der Waals surface area contributed by atoms with E-state index in [9.17, 15) is 4.79 Å². The van der Waals surface area contributed by atoms with Crippen LogP contribution in [0.3, 0.4) is 0 Å². The van der Waals surface area contributed by atoms with Crippen molar-refractivity contribution in [3.05, 3.63) is 20.8 Å². The maximum Gasteiger partial charge on any atom is 0.265 e. The van der Waals surface area contributed by atoms with E-state index in [-0.39, 0.29) is 18.3 Å². The minimum Gasteiger partial charge on any atom is -0.337 e. The predicted octanol–water partition coefficient (Wildman–Crippen LogP) is 2.42. The molecule has 1 aromatic rings. The first kappa shape index (κ1) is 14.1. The Morgan fingerprint density at radius 2 is 2.06 bits per heavy atom. The highest BCUT2D eigenvalue weighted by molar-refractivity contribution is 7.13. The van der Waals surface area contributed by atoms with Crippen LogP contribution in [0.15, 0.2) is 5.38 Å². The molecule has 1 amide bonds. The summed E-state index contributed by atoms with van der Waals surface area (Å²) in [4.78, 5) is 15.0. The quantitative estimate of drug-likeness (QED) is 0.864. The molecule has 1 aromatic heterocycles. The summed E-state index contributed by atoms with van der Waals surface area (Å²) in [5.41, 5.74) is 1.00. The van der Waals surface area contributed by atoms with Crippen LogP contribution in [0.2, 0.25) is 5.02 Å². The Morgan fingerprint density at radius 3 is 2.56 bits per heavy atom. The van der Waals surface area contributed by atoms with Crippen LogP contribution in [0.25, 0.3) is 0 Å². The summed E-state index contributed by atoms with van der Waals surface area (Å²) in [6, 6.07) is 0. The van der Waals surface area contributed by atoms with Crippen molar-refractivity contribution in [2.45, 2.75) is 6.92 Å². The van der Waals surface area contributed by atoms with Crippen LogP contribution < -0.4 is 5.32 Å². The molecule has 3 nitrogen and oxygen atoms in total. The minimum absolute atomic E-state index is 0. The van der Waals surface area contributed by atoms with Crippen molar-refractivity contribution in [3.8, 4) is 0 Å². The van der Waals surface area contributed by atoms with Gasteiger partial charge in [0.2, 0.25) is 0 Å². The number of aryl methyl sites for hydroxylation is 1. The number of nitrogens with one attached hydrogen (secondary N) is 1. The Kier molecular flexibility index (Phi) is 4.22. The number of hydrogen-bond donors (Lipinski definition) is 1. The second-order valence-electron chi connectivity index (χ2n) is 4.95. The molecule has 2 saturated heterocycles. The van der Waals surface area contributed by atoms with Gasteiger partial charge in [-0.25, -0.2) is 0 Å². The number of carbonyl (C=O) groups is 1. The third-order valence-corrected chi connectivity index (χ3v) is 5.46. The molecule has 1 N–H and O–H groups in total. The van der Waals surface area contributed by atoms with E-state index in [0.717, 1.165) is 31.7 Å². The first-order valence-corrected chi connectivity index (χ1v) is 7.16. The number of fused-ring (bicyclic) bond motifs is 1. The number of hydrogen-bond acceptors (Lipinski definition) is 3. The summed E-state index contributed by atoms with van der Waals surface area (Å²) >= 11 is 7.61.